The molecule has 0 saturated carbocycles. The van der Waals surface area contributed by atoms with E-state index in [2.05, 4.69) is 0 Å². The Balaban J connectivity index is 1.90. The maximum atomic E-state index is 9.77. The Hall–Kier alpha value is -0.320. The Kier molecular flexibility index (Phi) is 5.48. The Morgan fingerprint density at radius 1 is 1.37 bits per heavy atom. The quantitative estimate of drug-likeness (QED) is 0.926. The Bertz CT molecular complexity index is 425. The van der Waals surface area contributed by atoms with E-state index in [1.54, 1.807) is 13.2 Å². The van der Waals surface area contributed by atoms with Gasteiger partial charge in [-0.1, -0.05) is 29.3 Å². The molecule has 1 aromatic rings. The molecule has 0 bridgehead atoms. The summed E-state index contributed by atoms with van der Waals surface area (Å²) >= 11 is 12.0. The lowest BCUT2D eigenvalue weighted by atomic mass is 9.99. The van der Waals surface area contributed by atoms with Crippen molar-refractivity contribution in [1.29, 1.82) is 0 Å². The van der Waals surface area contributed by atoms with Crippen LogP contribution in [0.4, 0.5) is 0 Å². The van der Waals surface area contributed by atoms with E-state index in [0.717, 1.165) is 18.4 Å². The second-order valence-corrected chi connectivity index (χ2v) is 5.67. The average molecular weight is 305 g/mol. The molecule has 3 nitrogen and oxygen atoms in total. The number of hydrogen-bond acceptors (Lipinski definition) is 3. The first-order chi connectivity index (χ1) is 9.08. The molecule has 19 heavy (non-hydrogen) atoms. The molecule has 1 heterocycles. The van der Waals surface area contributed by atoms with Crippen molar-refractivity contribution in [2.75, 3.05) is 7.11 Å². The zero-order valence-electron chi connectivity index (χ0n) is 10.8. The highest BCUT2D eigenvalue weighted by Crippen LogP contribution is 2.26. The van der Waals surface area contributed by atoms with Gasteiger partial charge in [0.2, 0.25) is 0 Å². The molecule has 5 heteroatoms. The Morgan fingerprint density at radius 2 is 2.16 bits per heavy atom. The fourth-order valence-electron chi connectivity index (χ4n) is 2.33. The van der Waals surface area contributed by atoms with Crippen LogP contribution in [0.2, 0.25) is 10.0 Å². The van der Waals surface area contributed by atoms with Gasteiger partial charge in [-0.2, -0.15) is 0 Å². The van der Waals surface area contributed by atoms with Crippen LogP contribution in [0.1, 0.15) is 24.8 Å². The van der Waals surface area contributed by atoms with Gasteiger partial charge in [-0.05, 0) is 37.0 Å². The molecule has 1 aliphatic heterocycles. The lowest BCUT2D eigenvalue weighted by molar-refractivity contribution is -0.204. The highest BCUT2D eigenvalue weighted by molar-refractivity contribution is 6.35. The lowest BCUT2D eigenvalue weighted by Crippen LogP contribution is -2.36. The van der Waals surface area contributed by atoms with E-state index < -0.39 is 0 Å². The van der Waals surface area contributed by atoms with Crippen molar-refractivity contribution in [2.24, 2.45) is 0 Å². The minimum absolute atomic E-state index is 0.000412. The second-order valence-electron chi connectivity index (χ2n) is 4.82. The average Bonchev–Trinajstić information content (AvgIpc) is 2.37. The molecule has 3 unspecified atom stereocenters. The molecule has 2 rings (SSSR count). The van der Waals surface area contributed by atoms with Gasteiger partial charge in [-0.25, -0.2) is 0 Å². The molecule has 1 aliphatic rings. The molecule has 1 N–H and O–H groups in total. The molecule has 3 atom stereocenters. The fraction of sp³-hybridized carbons (Fsp3) is 0.571. The van der Waals surface area contributed by atoms with Gasteiger partial charge in [0.25, 0.3) is 0 Å². The number of ether oxygens (including phenoxy) is 2. The van der Waals surface area contributed by atoms with Crippen LogP contribution in [0.15, 0.2) is 18.2 Å². The summed E-state index contributed by atoms with van der Waals surface area (Å²) in [5, 5.41) is 11.1. The van der Waals surface area contributed by atoms with Crippen LogP contribution in [0.3, 0.4) is 0 Å². The van der Waals surface area contributed by atoms with Crippen LogP contribution in [0, 0.1) is 0 Å². The van der Waals surface area contributed by atoms with E-state index in [0.29, 0.717) is 22.9 Å². The van der Waals surface area contributed by atoms with Crippen LogP contribution < -0.4 is 0 Å². The highest BCUT2D eigenvalue weighted by Gasteiger charge is 2.28. The summed E-state index contributed by atoms with van der Waals surface area (Å²) in [5.74, 6) is 0. The molecule has 1 aromatic carbocycles. The largest absolute Gasteiger partial charge is 0.393 e. The molecule has 0 aromatic heterocycles. The maximum Gasteiger partial charge on any atom is 0.160 e. The first kappa shape index (κ1) is 15.1. The first-order valence-corrected chi connectivity index (χ1v) is 7.14. The van der Waals surface area contributed by atoms with E-state index in [1.807, 2.05) is 12.1 Å². The summed E-state index contributed by atoms with van der Waals surface area (Å²) in [5.41, 5.74) is 1.05. The monoisotopic (exact) mass is 304 g/mol. The molecular weight excluding hydrogens is 287 g/mol. The summed E-state index contributed by atoms with van der Waals surface area (Å²) in [6.07, 6.45) is 2.11. The van der Waals surface area contributed by atoms with Crippen molar-refractivity contribution in [3.63, 3.8) is 0 Å². The standard InChI is InChI=1S/C14H18Cl2O3/c1-18-14-8-11(17)7-12(19-14)5-3-9-2-4-10(15)6-13(9)16/h2,4,6,11-12,14,17H,3,5,7-8H2,1H3. The number of methoxy groups -OCH3 is 1. The summed E-state index contributed by atoms with van der Waals surface area (Å²) in [4.78, 5) is 0. The number of benzene rings is 1. The molecule has 1 saturated heterocycles. The summed E-state index contributed by atoms with van der Waals surface area (Å²) < 4.78 is 10.9. The van der Waals surface area contributed by atoms with Gasteiger partial charge in [-0.15, -0.1) is 0 Å². The van der Waals surface area contributed by atoms with Crippen LogP contribution in [-0.2, 0) is 15.9 Å². The lowest BCUT2D eigenvalue weighted by Gasteiger charge is -2.32. The summed E-state index contributed by atoms with van der Waals surface area (Å²) in [7, 11) is 1.59. The molecule has 0 radical (unpaired) electrons. The molecule has 0 amide bonds. The fourth-order valence-corrected chi connectivity index (χ4v) is 2.83. The van der Waals surface area contributed by atoms with E-state index in [9.17, 15) is 5.11 Å². The van der Waals surface area contributed by atoms with Crippen LogP contribution in [0.25, 0.3) is 0 Å². The van der Waals surface area contributed by atoms with Gasteiger partial charge in [0.15, 0.2) is 6.29 Å². The van der Waals surface area contributed by atoms with E-state index in [1.165, 1.54) is 0 Å². The molecular formula is C14H18Cl2O3. The van der Waals surface area contributed by atoms with E-state index in [-0.39, 0.29) is 18.5 Å². The van der Waals surface area contributed by atoms with Crippen molar-refractivity contribution in [2.45, 2.75) is 44.2 Å². The summed E-state index contributed by atoms with van der Waals surface area (Å²) in [6.45, 7) is 0. The van der Waals surface area contributed by atoms with E-state index >= 15 is 0 Å². The number of aliphatic hydroxyl groups is 1. The third kappa shape index (κ3) is 4.33. The second kappa shape index (κ2) is 6.91. The van der Waals surface area contributed by atoms with Gasteiger partial charge in [0.1, 0.15) is 0 Å². The van der Waals surface area contributed by atoms with Gasteiger partial charge >= 0.3 is 0 Å². The van der Waals surface area contributed by atoms with Crippen molar-refractivity contribution < 1.29 is 14.6 Å². The van der Waals surface area contributed by atoms with Crippen molar-refractivity contribution in [1.82, 2.24) is 0 Å². The number of hydrogen-bond donors (Lipinski definition) is 1. The van der Waals surface area contributed by atoms with Crippen LogP contribution >= 0.6 is 23.2 Å². The SMILES string of the molecule is COC1CC(O)CC(CCc2ccc(Cl)cc2Cl)O1. The van der Waals surface area contributed by atoms with Crippen LogP contribution in [0.5, 0.6) is 0 Å². The third-order valence-electron chi connectivity index (χ3n) is 3.36. The summed E-state index contributed by atoms with van der Waals surface area (Å²) in [6, 6.07) is 5.50. The van der Waals surface area contributed by atoms with E-state index in [4.69, 9.17) is 32.7 Å². The van der Waals surface area contributed by atoms with Gasteiger partial charge in [-0.3, -0.25) is 0 Å². The Labute approximate surface area is 123 Å². The van der Waals surface area contributed by atoms with Gasteiger partial charge < -0.3 is 14.6 Å². The third-order valence-corrected chi connectivity index (χ3v) is 3.94. The molecule has 1 fully saturated rings. The Morgan fingerprint density at radius 3 is 2.84 bits per heavy atom. The zero-order valence-corrected chi connectivity index (χ0v) is 12.3. The number of aryl methyl sites for hydroxylation is 1. The first-order valence-electron chi connectivity index (χ1n) is 6.38. The normalized spacial score (nSPS) is 27.5. The highest BCUT2D eigenvalue weighted by atomic mass is 35.5. The zero-order chi connectivity index (χ0) is 13.8. The van der Waals surface area contributed by atoms with Crippen molar-refractivity contribution in [3.05, 3.63) is 33.8 Å². The number of halogens is 2. The topological polar surface area (TPSA) is 38.7 Å². The molecule has 106 valence electrons. The molecule has 0 spiro atoms. The predicted molar refractivity (Wildman–Crippen MR) is 75.7 cm³/mol. The van der Waals surface area contributed by atoms with Crippen molar-refractivity contribution in [3.8, 4) is 0 Å². The maximum absolute atomic E-state index is 9.77. The van der Waals surface area contributed by atoms with Gasteiger partial charge in [0.05, 0.1) is 12.2 Å². The number of rotatable bonds is 4. The smallest absolute Gasteiger partial charge is 0.160 e. The minimum Gasteiger partial charge on any atom is -0.393 e. The minimum atomic E-state index is -0.357. The van der Waals surface area contributed by atoms with Crippen LogP contribution in [-0.4, -0.2) is 30.7 Å². The van der Waals surface area contributed by atoms with Crippen molar-refractivity contribution >= 4 is 23.2 Å². The predicted octanol–water partition coefficient (Wildman–Crippen LogP) is 3.44. The van der Waals surface area contributed by atoms with Gasteiger partial charge in [0, 0.05) is 23.6 Å². The molecule has 0 aliphatic carbocycles. The number of aliphatic hydroxyl groups excluding tert-OH is 1.